The number of nitrogens with zero attached hydrogens (tertiary/aromatic N) is 1. The minimum atomic E-state index is -1.21. The number of aliphatic hydroxyl groups is 2. The SMILES string of the molecule is CNC1=N[C@@H]2[C@@H](O)[C@@H](O)C(C(C)=O)O[C@@H]2S1. The first-order valence-corrected chi connectivity index (χ1v) is 5.87. The van der Waals surface area contributed by atoms with Crippen LogP contribution >= 0.6 is 11.8 Å². The number of thioether (sulfide) groups is 1. The van der Waals surface area contributed by atoms with Crippen LogP contribution in [-0.4, -0.2) is 58.0 Å². The summed E-state index contributed by atoms with van der Waals surface area (Å²) in [5, 5.41) is 23.1. The lowest BCUT2D eigenvalue weighted by Crippen LogP contribution is -2.56. The number of amidine groups is 1. The third-order valence-electron chi connectivity index (χ3n) is 2.68. The largest absolute Gasteiger partial charge is 0.388 e. The van der Waals surface area contributed by atoms with Crippen molar-refractivity contribution in [3.63, 3.8) is 0 Å². The summed E-state index contributed by atoms with van der Waals surface area (Å²) in [5.41, 5.74) is -0.408. The van der Waals surface area contributed by atoms with Gasteiger partial charge in [-0.1, -0.05) is 11.8 Å². The molecule has 5 atom stereocenters. The van der Waals surface area contributed by atoms with Crippen molar-refractivity contribution < 1.29 is 19.7 Å². The fraction of sp³-hybridized carbons (Fsp3) is 0.778. The summed E-state index contributed by atoms with van der Waals surface area (Å²) in [6, 6.07) is -0.516. The second-order valence-electron chi connectivity index (χ2n) is 3.81. The summed E-state index contributed by atoms with van der Waals surface area (Å²) in [5.74, 6) is -0.288. The molecule has 0 aromatic heterocycles. The van der Waals surface area contributed by atoms with Crippen molar-refractivity contribution in [2.75, 3.05) is 7.05 Å². The van der Waals surface area contributed by atoms with Crippen molar-refractivity contribution in [3.05, 3.63) is 0 Å². The lowest BCUT2D eigenvalue weighted by atomic mass is 9.96. The van der Waals surface area contributed by atoms with Gasteiger partial charge in [-0.15, -0.1) is 0 Å². The average molecular weight is 246 g/mol. The second-order valence-corrected chi connectivity index (χ2v) is 4.90. The first kappa shape index (κ1) is 11.8. The molecule has 16 heavy (non-hydrogen) atoms. The molecule has 0 radical (unpaired) electrons. The molecule has 0 bridgehead atoms. The Labute approximate surface area is 97.1 Å². The predicted molar refractivity (Wildman–Crippen MR) is 59.2 cm³/mol. The van der Waals surface area contributed by atoms with Crippen LogP contribution in [-0.2, 0) is 9.53 Å². The number of nitrogens with one attached hydrogen (secondary N) is 1. The molecule has 2 aliphatic rings. The summed E-state index contributed by atoms with van der Waals surface area (Å²) in [4.78, 5) is 15.4. The Morgan fingerprint density at radius 2 is 2.19 bits per heavy atom. The van der Waals surface area contributed by atoms with Gasteiger partial charge in [-0.3, -0.25) is 9.79 Å². The minimum Gasteiger partial charge on any atom is -0.388 e. The van der Waals surface area contributed by atoms with Crippen LogP contribution in [0.4, 0.5) is 0 Å². The van der Waals surface area contributed by atoms with Gasteiger partial charge in [-0.2, -0.15) is 0 Å². The van der Waals surface area contributed by atoms with Crippen LogP contribution in [0.1, 0.15) is 6.92 Å². The molecule has 0 aromatic carbocycles. The Kier molecular flexibility index (Phi) is 3.20. The molecule has 0 aliphatic carbocycles. The Bertz CT molecular complexity index is 335. The maximum Gasteiger partial charge on any atom is 0.161 e. The number of rotatable bonds is 1. The zero-order chi connectivity index (χ0) is 11.9. The number of carbonyl (C=O) groups excluding carboxylic acids is 1. The van der Waals surface area contributed by atoms with Gasteiger partial charge in [-0.05, 0) is 6.92 Å². The summed E-state index contributed by atoms with van der Waals surface area (Å²) in [6.07, 6.45) is -3.24. The van der Waals surface area contributed by atoms with E-state index in [-0.39, 0.29) is 5.78 Å². The van der Waals surface area contributed by atoms with E-state index in [1.165, 1.54) is 18.7 Å². The van der Waals surface area contributed by atoms with E-state index in [2.05, 4.69) is 10.3 Å². The van der Waals surface area contributed by atoms with Gasteiger partial charge < -0.3 is 20.3 Å². The Hall–Kier alpha value is -0.630. The van der Waals surface area contributed by atoms with Crippen LogP contribution in [0.25, 0.3) is 0 Å². The molecule has 0 aromatic rings. The van der Waals surface area contributed by atoms with E-state index in [9.17, 15) is 15.0 Å². The molecule has 3 N–H and O–H groups in total. The van der Waals surface area contributed by atoms with E-state index in [1.807, 2.05) is 0 Å². The predicted octanol–water partition coefficient (Wildman–Crippen LogP) is -1.29. The van der Waals surface area contributed by atoms with Gasteiger partial charge in [0.25, 0.3) is 0 Å². The van der Waals surface area contributed by atoms with Crippen LogP contribution in [0.15, 0.2) is 4.99 Å². The van der Waals surface area contributed by atoms with Crippen LogP contribution in [0.3, 0.4) is 0 Å². The molecule has 1 saturated heterocycles. The molecule has 2 aliphatic heterocycles. The quantitative estimate of drug-likeness (QED) is 0.533. The first-order chi connectivity index (χ1) is 7.54. The van der Waals surface area contributed by atoms with E-state index >= 15 is 0 Å². The van der Waals surface area contributed by atoms with Gasteiger partial charge in [0, 0.05) is 7.05 Å². The molecule has 0 amide bonds. The molecular formula is C9H14N2O4S. The maximum absolute atomic E-state index is 11.2. The van der Waals surface area contributed by atoms with Crippen molar-refractivity contribution >= 4 is 22.7 Å². The number of aliphatic hydroxyl groups excluding tert-OH is 2. The standard InChI is InChI=1S/C9H14N2O4S/c1-3(12)7-6(14)5(13)4-8(15-7)16-9(10-2)11-4/h4-8,13-14H,1-2H3,(H,10,11)/t4-,5-,6-,7?,8-/m1/s1. The molecule has 2 heterocycles. The molecule has 1 fully saturated rings. The smallest absolute Gasteiger partial charge is 0.161 e. The number of aliphatic imine (C=N–C) groups is 1. The third kappa shape index (κ3) is 1.84. The highest BCUT2D eigenvalue weighted by atomic mass is 32.2. The van der Waals surface area contributed by atoms with Crippen LogP contribution < -0.4 is 5.32 Å². The minimum absolute atomic E-state index is 0.288. The van der Waals surface area contributed by atoms with Crippen molar-refractivity contribution in [2.45, 2.75) is 36.7 Å². The molecule has 0 saturated carbocycles. The van der Waals surface area contributed by atoms with E-state index in [0.29, 0.717) is 5.17 Å². The fourth-order valence-electron chi connectivity index (χ4n) is 1.82. The molecule has 90 valence electrons. The first-order valence-electron chi connectivity index (χ1n) is 4.99. The lowest BCUT2D eigenvalue weighted by molar-refractivity contribution is -0.167. The van der Waals surface area contributed by atoms with Crippen LogP contribution in [0, 0.1) is 0 Å². The molecule has 0 spiro atoms. The van der Waals surface area contributed by atoms with Crippen molar-refractivity contribution in [3.8, 4) is 0 Å². The van der Waals surface area contributed by atoms with Gasteiger partial charge in [-0.25, -0.2) is 0 Å². The summed E-state index contributed by atoms with van der Waals surface area (Å²) in [7, 11) is 1.72. The van der Waals surface area contributed by atoms with Crippen LogP contribution in [0.5, 0.6) is 0 Å². The van der Waals surface area contributed by atoms with E-state index < -0.39 is 29.8 Å². The van der Waals surface area contributed by atoms with E-state index in [0.717, 1.165) is 0 Å². The number of hydrogen-bond donors (Lipinski definition) is 3. The van der Waals surface area contributed by atoms with E-state index in [1.54, 1.807) is 7.05 Å². The Morgan fingerprint density at radius 1 is 1.50 bits per heavy atom. The number of hydrogen-bond acceptors (Lipinski definition) is 7. The summed E-state index contributed by atoms with van der Waals surface area (Å²) < 4.78 is 5.44. The molecule has 2 rings (SSSR count). The zero-order valence-electron chi connectivity index (χ0n) is 8.95. The number of ether oxygens (including phenoxy) is 1. The second kappa shape index (κ2) is 4.33. The van der Waals surface area contributed by atoms with E-state index in [4.69, 9.17) is 4.74 Å². The van der Waals surface area contributed by atoms with Gasteiger partial charge in [0.05, 0.1) is 0 Å². The summed E-state index contributed by atoms with van der Waals surface area (Å²) >= 11 is 1.31. The number of fused-ring (bicyclic) bond motifs is 1. The highest BCUT2D eigenvalue weighted by Gasteiger charge is 2.49. The van der Waals surface area contributed by atoms with Crippen molar-refractivity contribution in [2.24, 2.45) is 4.99 Å². The Morgan fingerprint density at radius 3 is 2.75 bits per heavy atom. The zero-order valence-corrected chi connectivity index (χ0v) is 9.77. The van der Waals surface area contributed by atoms with Crippen LogP contribution in [0.2, 0.25) is 0 Å². The molecular weight excluding hydrogens is 232 g/mol. The normalized spacial score (nSPS) is 42.5. The number of carbonyl (C=O) groups is 1. The topological polar surface area (TPSA) is 91.2 Å². The lowest BCUT2D eigenvalue weighted by Gasteiger charge is -2.36. The van der Waals surface area contributed by atoms with Gasteiger partial charge in [0.2, 0.25) is 0 Å². The van der Waals surface area contributed by atoms with Gasteiger partial charge >= 0.3 is 0 Å². The number of Topliss-reactive ketones (excluding diaryl/α,β-unsaturated/α-hetero) is 1. The average Bonchev–Trinajstić information content (AvgIpc) is 2.66. The van der Waals surface area contributed by atoms with Gasteiger partial charge in [0.15, 0.2) is 11.0 Å². The molecule has 7 heteroatoms. The van der Waals surface area contributed by atoms with Gasteiger partial charge in [0.1, 0.15) is 29.8 Å². The van der Waals surface area contributed by atoms with Crippen molar-refractivity contribution in [1.82, 2.24) is 5.32 Å². The molecule has 1 unspecified atom stereocenters. The maximum atomic E-state index is 11.2. The summed E-state index contributed by atoms with van der Waals surface area (Å²) in [6.45, 7) is 1.33. The third-order valence-corrected chi connectivity index (χ3v) is 3.83. The monoisotopic (exact) mass is 246 g/mol. The highest BCUT2D eigenvalue weighted by Crippen LogP contribution is 2.35. The Balaban J connectivity index is 2.17. The highest BCUT2D eigenvalue weighted by molar-refractivity contribution is 8.14. The number of ketones is 1. The molecule has 6 nitrogen and oxygen atoms in total. The fourth-order valence-corrected chi connectivity index (χ4v) is 2.87. The van der Waals surface area contributed by atoms with Crippen molar-refractivity contribution in [1.29, 1.82) is 0 Å².